The quantitative estimate of drug-likeness (QED) is 0.0376. The number of hydrogen-bond acceptors (Lipinski definition) is 15. The van der Waals surface area contributed by atoms with E-state index < -0.39 is 108 Å². The number of nitrogens with zero attached hydrogens (tertiary/aromatic N) is 9. The molecule has 6 saturated heterocycles. The number of aliphatic carboxylic acids is 3. The van der Waals surface area contributed by atoms with Gasteiger partial charge in [-0.2, -0.15) is 39.5 Å². The maximum atomic E-state index is 13.5. The number of ether oxygens (including phenoxy) is 3. The number of carboxylic acids is 3. The van der Waals surface area contributed by atoms with E-state index in [9.17, 15) is 73.4 Å². The molecule has 125 heavy (non-hydrogen) atoms. The zero-order chi connectivity index (χ0) is 90.0. The first-order valence-corrected chi connectivity index (χ1v) is 41.8. The Morgan fingerprint density at radius 2 is 0.664 bits per heavy atom. The van der Waals surface area contributed by atoms with Crippen LogP contribution in [0.4, 0.5) is 71.4 Å². The molecule has 660 valence electrons. The summed E-state index contributed by atoms with van der Waals surface area (Å²) >= 11 is 0. The van der Waals surface area contributed by atoms with E-state index in [0.29, 0.717) is 69.7 Å². The molecule has 6 fully saturated rings. The number of hydrogen-bond donors (Lipinski definition) is 3. The molecule has 0 bridgehead atoms. The van der Waals surface area contributed by atoms with E-state index in [1.165, 1.54) is 14.7 Å². The number of benzene rings is 6. The Labute approximate surface area is 718 Å². The number of halogens is 9. The third kappa shape index (κ3) is 21.1. The molecular weight excluding hydrogens is 1630 g/mol. The Kier molecular flexibility index (Phi) is 27.0. The fraction of sp³-hybridized carbons (Fsp3) is 0.400. The largest absolute Gasteiger partial charge is 0.481 e. The van der Waals surface area contributed by atoms with Crippen molar-refractivity contribution in [3.8, 4) is 33.4 Å². The Bertz CT molecular complexity index is 5590. The molecule has 3 amide bonds. The summed E-state index contributed by atoms with van der Waals surface area (Å²) in [5.41, 5.74) is 13.4. The summed E-state index contributed by atoms with van der Waals surface area (Å²) in [4.78, 5) is 99.0. The van der Waals surface area contributed by atoms with Gasteiger partial charge in [0.05, 0.1) is 71.5 Å². The molecule has 6 aromatic carbocycles. The molecule has 0 saturated carbocycles. The Morgan fingerprint density at radius 3 is 0.984 bits per heavy atom. The number of aryl methyl sites for hydroxylation is 10. The summed E-state index contributed by atoms with van der Waals surface area (Å²) < 4.78 is 139. The molecule has 6 aliphatic heterocycles. The SMILES string of the molecule is Cc1cc([C@H]2OC(=O)N(Cc3nc(N4CCC4)cc(C)c3-c3cc(CCC(=O)O)ccc3C)[C@H]2C)cc(C(F)(F)F)c1.Cc1cc([C@H]2OC(=O)N(Cc3nc(N4CCC4)ccc3-c3cc(CCC(=O)O)ccc3C)[C@H]2C)cc(C(F)(F)F)c1.Cc1cc([C@H]2OC(=O)N(Cc3nc(N4CCCC4)ccc3-c3cc(CCC(=O)O)ccc3C)[C@H]2C)cc(C(F)(F)F)c1. The normalized spacial score (nSPS) is 18.8. The van der Waals surface area contributed by atoms with Gasteiger partial charge in [0.2, 0.25) is 0 Å². The van der Waals surface area contributed by atoms with Gasteiger partial charge in [-0.15, -0.1) is 0 Å². The monoisotopic (exact) mass is 1730 g/mol. The average Bonchev–Trinajstić information content (AvgIpc) is 1.76. The number of pyridine rings is 3. The number of carboxylic acid groups (broad SMARTS) is 3. The number of carbonyl (C=O) groups is 6. The number of alkyl halides is 9. The Morgan fingerprint density at radius 1 is 0.360 bits per heavy atom. The Hall–Kier alpha value is -12.2. The molecule has 3 aromatic heterocycles. The van der Waals surface area contributed by atoms with E-state index in [0.717, 1.165) is 191 Å². The van der Waals surface area contributed by atoms with Crippen molar-refractivity contribution in [2.75, 3.05) is 54.0 Å². The fourth-order valence-electron chi connectivity index (χ4n) is 16.9. The van der Waals surface area contributed by atoms with E-state index in [-0.39, 0.29) is 38.9 Å². The van der Waals surface area contributed by atoms with E-state index in [4.69, 9.17) is 39.4 Å². The molecule has 30 heteroatoms. The number of aromatic nitrogens is 3. The van der Waals surface area contributed by atoms with E-state index in [1.54, 1.807) is 59.7 Å². The average molecular weight is 1730 g/mol. The molecule has 6 atom stereocenters. The van der Waals surface area contributed by atoms with Crippen LogP contribution in [0.1, 0.15) is 190 Å². The zero-order valence-corrected chi connectivity index (χ0v) is 71.1. The van der Waals surface area contributed by atoms with E-state index in [1.807, 2.05) is 113 Å². The van der Waals surface area contributed by atoms with Crippen LogP contribution in [-0.4, -0.2) is 139 Å². The summed E-state index contributed by atoms with van der Waals surface area (Å²) in [6, 6.07) is 37.0. The van der Waals surface area contributed by atoms with Crippen LogP contribution in [0.2, 0.25) is 0 Å². The van der Waals surface area contributed by atoms with Crippen molar-refractivity contribution in [1.82, 2.24) is 29.7 Å². The lowest BCUT2D eigenvalue weighted by molar-refractivity contribution is -0.138. The summed E-state index contributed by atoms with van der Waals surface area (Å²) in [6.45, 7) is 23.6. The van der Waals surface area contributed by atoms with Crippen molar-refractivity contribution in [2.45, 2.75) is 208 Å². The number of cyclic esters (lactones) is 3. The second-order valence-electron chi connectivity index (χ2n) is 33.4. The number of rotatable bonds is 24. The van der Waals surface area contributed by atoms with Crippen LogP contribution in [0.5, 0.6) is 0 Å². The standard InChI is InChI=1S/2C32H34F3N3O4.C31H32F3N3O4/c1-18-12-23(16-24(13-18)32(33,34)35)30-21(4)38(31(41)42-30)17-26-29(20(3)14-27(36-26)37-10-5-11-37)25-15-22(7-6-19(25)2)8-9-28(39)40;1-19-14-23(17-24(15-19)32(33,34)35)30-21(3)38(31(41)42-30)18-27-25(9-10-28(36-27)37-12-4-5-13-37)26-16-22(7-6-20(26)2)8-11-29(39)40;1-18-13-22(16-23(14-18)31(32,33)34)29-20(3)37(30(40)41-29)17-26-24(8-9-27(35-26)36-11-4-12-36)25-15-21(6-5-19(25)2)7-10-28(38)39/h6-7,12-16,21,30H,5,8-11,17H2,1-4H3,(H,39,40);6-7,9-10,14-17,21,30H,4-5,8,11-13,18H2,1-3H3,(H,39,40);5-6,8-9,13-16,20,29H,4,7,10-12,17H2,1-3H3,(H,38,39)/t2*21-,30-;20-,29-/m000/s1. The van der Waals surface area contributed by atoms with Crippen molar-refractivity contribution < 1.29 is 97.8 Å². The van der Waals surface area contributed by atoms with Gasteiger partial charge in [0, 0.05) is 75.2 Å². The lowest BCUT2D eigenvalue weighted by atomic mass is 9.92. The van der Waals surface area contributed by atoms with Crippen molar-refractivity contribution in [3.63, 3.8) is 0 Å². The van der Waals surface area contributed by atoms with Crippen LogP contribution < -0.4 is 14.7 Å². The summed E-state index contributed by atoms with van der Waals surface area (Å²) in [6.07, 6.45) is -12.6. The first-order chi connectivity index (χ1) is 59.1. The predicted molar refractivity (Wildman–Crippen MR) is 452 cm³/mol. The van der Waals surface area contributed by atoms with Crippen LogP contribution in [0.25, 0.3) is 33.4 Å². The lowest BCUT2D eigenvalue weighted by Crippen LogP contribution is -2.38. The molecule has 21 nitrogen and oxygen atoms in total. The van der Waals surface area contributed by atoms with Crippen molar-refractivity contribution in [3.05, 3.63) is 246 Å². The van der Waals surface area contributed by atoms with E-state index >= 15 is 0 Å². The van der Waals surface area contributed by atoms with Crippen molar-refractivity contribution in [1.29, 1.82) is 0 Å². The minimum absolute atomic E-state index is 0.00796. The highest BCUT2D eigenvalue weighted by atomic mass is 19.4. The molecule has 0 aliphatic carbocycles. The van der Waals surface area contributed by atoms with Gasteiger partial charge in [0.25, 0.3) is 0 Å². The van der Waals surface area contributed by atoms with Crippen LogP contribution in [0.15, 0.2) is 140 Å². The van der Waals surface area contributed by atoms with Crippen molar-refractivity contribution >= 4 is 53.6 Å². The number of carbonyl (C=O) groups excluding carboxylic acids is 3. The van der Waals surface area contributed by atoms with Crippen LogP contribution in [0, 0.1) is 48.5 Å². The van der Waals surface area contributed by atoms with Gasteiger partial charge in [0.15, 0.2) is 0 Å². The molecule has 0 spiro atoms. The minimum Gasteiger partial charge on any atom is -0.481 e. The van der Waals surface area contributed by atoms with Crippen LogP contribution >= 0.6 is 0 Å². The third-order valence-electron chi connectivity index (χ3n) is 24.0. The van der Waals surface area contributed by atoms with Crippen LogP contribution in [-0.2, 0) is 86.0 Å². The fourth-order valence-corrected chi connectivity index (χ4v) is 16.9. The van der Waals surface area contributed by atoms with E-state index in [2.05, 4.69) is 14.7 Å². The summed E-state index contributed by atoms with van der Waals surface area (Å²) in [5.74, 6) is -0.220. The zero-order valence-electron chi connectivity index (χ0n) is 71.1. The highest BCUT2D eigenvalue weighted by molar-refractivity contribution is 5.80. The first kappa shape index (κ1) is 90.5. The van der Waals surface area contributed by atoms with Gasteiger partial charge in [0.1, 0.15) is 35.8 Å². The van der Waals surface area contributed by atoms with Gasteiger partial charge in [-0.25, -0.2) is 29.3 Å². The second-order valence-corrected chi connectivity index (χ2v) is 33.4. The molecule has 0 radical (unpaired) electrons. The molecule has 9 aromatic rings. The van der Waals surface area contributed by atoms with Gasteiger partial charge in [-0.05, 0) is 253 Å². The first-order valence-electron chi connectivity index (χ1n) is 41.8. The molecule has 3 N–H and O–H groups in total. The van der Waals surface area contributed by atoms with Gasteiger partial charge >= 0.3 is 54.7 Å². The number of anilines is 3. The number of amides is 3. The van der Waals surface area contributed by atoms with Gasteiger partial charge in [-0.1, -0.05) is 89.5 Å². The highest BCUT2D eigenvalue weighted by Crippen LogP contribution is 2.45. The lowest BCUT2D eigenvalue weighted by Gasteiger charge is -2.33. The molecule has 15 rings (SSSR count). The topological polar surface area (TPSA) is 249 Å². The van der Waals surface area contributed by atoms with Gasteiger partial charge in [-0.3, -0.25) is 29.1 Å². The molecule has 9 heterocycles. The minimum atomic E-state index is -4.52. The maximum absolute atomic E-state index is 13.5. The second kappa shape index (κ2) is 37.3. The maximum Gasteiger partial charge on any atom is 0.416 e. The summed E-state index contributed by atoms with van der Waals surface area (Å²) in [7, 11) is 0. The van der Waals surface area contributed by atoms with Crippen LogP contribution in [0.3, 0.4) is 0 Å². The highest BCUT2D eigenvalue weighted by Gasteiger charge is 2.46. The molecule has 6 aliphatic rings. The predicted octanol–water partition coefficient (Wildman–Crippen LogP) is 20.8. The molecule has 0 unspecified atom stereocenters. The summed E-state index contributed by atoms with van der Waals surface area (Å²) in [5, 5.41) is 27.5. The van der Waals surface area contributed by atoms with Crippen molar-refractivity contribution in [2.24, 2.45) is 0 Å². The Balaban J connectivity index is 0.000000161. The third-order valence-corrected chi connectivity index (χ3v) is 24.0. The smallest absolute Gasteiger partial charge is 0.416 e. The molecular formula is C95H100F9N9O12. The van der Waals surface area contributed by atoms with Gasteiger partial charge < -0.3 is 44.2 Å².